The van der Waals surface area contributed by atoms with E-state index < -0.39 is 20.9 Å². The summed E-state index contributed by atoms with van der Waals surface area (Å²) in [6, 6.07) is 12.6. The van der Waals surface area contributed by atoms with E-state index >= 15 is 0 Å². The normalized spacial score (nSPS) is 14.6. The summed E-state index contributed by atoms with van der Waals surface area (Å²) < 4.78 is 38.4. The number of ether oxygens (including phenoxy) is 1. The number of carbonyl (C=O) groups is 1. The Balaban J connectivity index is 2.04. The van der Waals surface area contributed by atoms with Gasteiger partial charge in [-0.1, -0.05) is 18.2 Å². The smallest absolute Gasteiger partial charge is 0.296 e. The molecule has 0 radical (unpaired) electrons. The van der Waals surface area contributed by atoms with Crippen LogP contribution in [0.5, 0.6) is 11.5 Å². The standard InChI is InChI=1S/C15H13N3O5S/c16-14-9-15(19)18(17-14)12-7-6-11(8-13(12)24(20,21)22)23-10-4-2-1-3-5-10/h1-8H,9H2,(H2,16,17)(H,20,21,22). The van der Waals surface area contributed by atoms with Gasteiger partial charge in [0.15, 0.2) is 0 Å². The van der Waals surface area contributed by atoms with Crippen LogP contribution in [0.2, 0.25) is 0 Å². The topological polar surface area (TPSA) is 122 Å². The van der Waals surface area contributed by atoms with Gasteiger partial charge in [0.05, 0.1) is 12.1 Å². The number of rotatable bonds is 4. The van der Waals surface area contributed by atoms with Crippen LogP contribution in [0.3, 0.4) is 0 Å². The minimum Gasteiger partial charge on any atom is -0.457 e. The van der Waals surface area contributed by atoms with Gasteiger partial charge in [-0.2, -0.15) is 18.5 Å². The Morgan fingerprint density at radius 2 is 1.83 bits per heavy atom. The molecular formula is C15H13N3O5S. The molecule has 1 aliphatic rings. The van der Waals surface area contributed by atoms with E-state index in [4.69, 9.17) is 10.5 Å². The van der Waals surface area contributed by atoms with E-state index in [9.17, 15) is 17.8 Å². The molecule has 0 saturated carbocycles. The van der Waals surface area contributed by atoms with Gasteiger partial charge in [0.1, 0.15) is 22.2 Å². The van der Waals surface area contributed by atoms with Crippen LogP contribution < -0.4 is 15.5 Å². The lowest BCUT2D eigenvalue weighted by Crippen LogP contribution is -2.22. The van der Waals surface area contributed by atoms with E-state index in [1.807, 2.05) is 0 Å². The lowest BCUT2D eigenvalue weighted by Gasteiger charge is -2.16. The van der Waals surface area contributed by atoms with Gasteiger partial charge in [-0.05, 0) is 24.3 Å². The molecule has 124 valence electrons. The van der Waals surface area contributed by atoms with Crippen molar-refractivity contribution in [2.24, 2.45) is 10.8 Å². The van der Waals surface area contributed by atoms with Crippen molar-refractivity contribution in [2.75, 3.05) is 5.01 Å². The summed E-state index contributed by atoms with van der Waals surface area (Å²) in [7, 11) is -4.61. The molecule has 0 unspecified atom stereocenters. The zero-order valence-corrected chi connectivity index (χ0v) is 13.1. The molecule has 2 aromatic carbocycles. The van der Waals surface area contributed by atoms with Crippen molar-refractivity contribution < 1.29 is 22.5 Å². The SMILES string of the molecule is NC1=NN(c2ccc(Oc3ccccc3)cc2S(=O)(=O)O)C(=O)C1. The minimum absolute atomic E-state index is 0.0610. The summed E-state index contributed by atoms with van der Waals surface area (Å²) >= 11 is 0. The highest BCUT2D eigenvalue weighted by molar-refractivity contribution is 7.86. The molecule has 1 aliphatic heterocycles. The number of hydrogen-bond acceptors (Lipinski definition) is 6. The van der Waals surface area contributed by atoms with Gasteiger partial charge >= 0.3 is 0 Å². The molecule has 0 fully saturated rings. The van der Waals surface area contributed by atoms with Crippen LogP contribution in [0.4, 0.5) is 5.69 Å². The van der Waals surface area contributed by atoms with Crippen molar-refractivity contribution >= 4 is 27.5 Å². The summed E-state index contributed by atoms with van der Waals surface area (Å²) in [5.41, 5.74) is 5.40. The van der Waals surface area contributed by atoms with Gasteiger partial charge in [0.2, 0.25) is 0 Å². The Hall–Kier alpha value is -2.91. The third kappa shape index (κ3) is 3.21. The molecule has 0 aromatic heterocycles. The number of anilines is 1. The first-order valence-corrected chi connectivity index (χ1v) is 8.29. The van der Waals surface area contributed by atoms with Crippen molar-refractivity contribution in [3.63, 3.8) is 0 Å². The van der Waals surface area contributed by atoms with Crippen molar-refractivity contribution in [2.45, 2.75) is 11.3 Å². The molecule has 0 bridgehead atoms. The molecule has 0 aliphatic carbocycles. The number of nitrogens with two attached hydrogens (primary N) is 1. The molecule has 3 rings (SSSR count). The number of carbonyl (C=O) groups excluding carboxylic acids is 1. The second-order valence-corrected chi connectivity index (χ2v) is 6.38. The number of amides is 1. The first-order chi connectivity index (χ1) is 11.3. The molecule has 1 amide bonds. The van der Waals surface area contributed by atoms with Crippen LogP contribution in [-0.4, -0.2) is 24.7 Å². The monoisotopic (exact) mass is 347 g/mol. The Kier molecular flexibility index (Phi) is 3.96. The summed E-state index contributed by atoms with van der Waals surface area (Å²) in [4.78, 5) is 11.4. The summed E-state index contributed by atoms with van der Waals surface area (Å²) in [6.45, 7) is 0. The van der Waals surface area contributed by atoms with Crippen LogP contribution in [0.15, 0.2) is 58.5 Å². The molecule has 0 atom stereocenters. The number of amidine groups is 1. The predicted molar refractivity (Wildman–Crippen MR) is 86.5 cm³/mol. The summed E-state index contributed by atoms with van der Waals surface area (Å²) in [6.07, 6.45) is -0.118. The largest absolute Gasteiger partial charge is 0.457 e. The fraction of sp³-hybridized carbons (Fsp3) is 0.0667. The van der Waals surface area contributed by atoms with Crippen LogP contribution in [-0.2, 0) is 14.9 Å². The molecule has 0 saturated heterocycles. The van der Waals surface area contributed by atoms with E-state index in [1.54, 1.807) is 30.3 Å². The Morgan fingerprint density at radius 3 is 2.42 bits per heavy atom. The van der Waals surface area contributed by atoms with Gasteiger partial charge in [-0.15, -0.1) is 0 Å². The molecule has 3 N–H and O–H groups in total. The maximum absolute atomic E-state index is 11.9. The zero-order chi connectivity index (χ0) is 17.3. The van der Waals surface area contributed by atoms with E-state index in [0.717, 1.165) is 11.1 Å². The first-order valence-electron chi connectivity index (χ1n) is 6.85. The minimum atomic E-state index is -4.61. The quantitative estimate of drug-likeness (QED) is 0.812. The molecule has 1 heterocycles. The number of hydrazone groups is 1. The number of para-hydroxylation sites is 1. The van der Waals surface area contributed by atoms with Crippen molar-refractivity contribution in [3.05, 3.63) is 48.5 Å². The molecule has 8 nitrogen and oxygen atoms in total. The van der Waals surface area contributed by atoms with Crippen molar-refractivity contribution in [1.29, 1.82) is 0 Å². The van der Waals surface area contributed by atoms with Gasteiger partial charge in [0.25, 0.3) is 16.0 Å². The highest BCUT2D eigenvalue weighted by Crippen LogP contribution is 2.33. The highest BCUT2D eigenvalue weighted by atomic mass is 32.2. The van der Waals surface area contributed by atoms with Crippen LogP contribution >= 0.6 is 0 Å². The van der Waals surface area contributed by atoms with Crippen LogP contribution in [0.25, 0.3) is 0 Å². The van der Waals surface area contributed by atoms with Gasteiger partial charge in [0, 0.05) is 6.07 Å². The maximum Gasteiger partial charge on any atom is 0.296 e. The first kappa shape index (κ1) is 16.0. The van der Waals surface area contributed by atoms with Gasteiger partial charge in [-0.25, -0.2) is 0 Å². The summed E-state index contributed by atoms with van der Waals surface area (Å²) in [5.74, 6) is 0.243. The molecular weight excluding hydrogens is 334 g/mol. The second kappa shape index (κ2) is 5.95. The fourth-order valence-electron chi connectivity index (χ4n) is 2.20. The van der Waals surface area contributed by atoms with E-state index in [2.05, 4.69) is 5.10 Å². The second-order valence-electron chi connectivity index (χ2n) is 4.99. The Labute approximate surface area is 137 Å². The number of hydrogen-bond donors (Lipinski definition) is 2. The van der Waals surface area contributed by atoms with E-state index in [-0.39, 0.29) is 23.7 Å². The predicted octanol–water partition coefficient (Wildman–Crippen LogP) is 1.73. The van der Waals surface area contributed by atoms with E-state index in [0.29, 0.717) is 5.75 Å². The highest BCUT2D eigenvalue weighted by Gasteiger charge is 2.29. The lowest BCUT2D eigenvalue weighted by molar-refractivity contribution is -0.116. The van der Waals surface area contributed by atoms with Crippen LogP contribution in [0, 0.1) is 0 Å². The summed E-state index contributed by atoms with van der Waals surface area (Å²) in [5, 5.41) is 4.64. The molecule has 2 aromatic rings. The zero-order valence-electron chi connectivity index (χ0n) is 12.3. The molecule has 0 spiro atoms. The third-order valence-electron chi connectivity index (χ3n) is 3.21. The van der Waals surface area contributed by atoms with Gasteiger partial charge in [-0.3, -0.25) is 9.35 Å². The molecule has 24 heavy (non-hydrogen) atoms. The van der Waals surface area contributed by atoms with Crippen LogP contribution in [0.1, 0.15) is 6.42 Å². The Bertz CT molecular complexity index is 925. The van der Waals surface area contributed by atoms with Crippen molar-refractivity contribution in [1.82, 2.24) is 0 Å². The number of nitrogens with zero attached hydrogens (tertiary/aromatic N) is 2. The average Bonchev–Trinajstić information content (AvgIpc) is 2.86. The van der Waals surface area contributed by atoms with E-state index in [1.165, 1.54) is 12.1 Å². The maximum atomic E-state index is 11.9. The van der Waals surface area contributed by atoms with Gasteiger partial charge < -0.3 is 10.5 Å². The van der Waals surface area contributed by atoms with Crippen molar-refractivity contribution in [3.8, 4) is 11.5 Å². The Morgan fingerprint density at radius 1 is 1.12 bits per heavy atom. The lowest BCUT2D eigenvalue weighted by atomic mass is 10.2. The molecule has 9 heteroatoms. The number of benzene rings is 2. The average molecular weight is 347 g/mol. The third-order valence-corrected chi connectivity index (χ3v) is 4.10. The fourth-order valence-corrected chi connectivity index (χ4v) is 2.89.